The standard InChI is InChI=1S/C11H21N3O2/c1-3-14(7-10(12)15)11(16)9-4-5-13-8(2)6-9/h8-9,13H,3-7H2,1-2H3,(H2,12,15). The van der Waals surface area contributed by atoms with Crippen LogP contribution in [0, 0.1) is 5.92 Å². The number of likely N-dealkylation sites (N-methyl/N-ethyl adjacent to an activating group) is 1. The summed E-state index contributed by atoms with van der Waals surface area (Å²) in [7, 11) is 0. The average molecular weight is 227 g/mol. The largest absolute Gasteiger partial charge is 0.368 e. The Hall–Kier alpha value is -1.10. The van der Waals surface area contributed by atoms with Gasteiger partial charge in [0.15, 0.2) is 0 Å². The number of amides is 2. The van der Waals surface area contributed by atoms with Crippen LogP contribution in [0.2, 0.25) is 0 Å². The fraction of sp³-hybridized carbons (Fsp3) is 0.818. The minimum atomic E-state index is -0.447. The van der Waals surface area contributed by atoms with E-state index >= 15 is 0 Å². The molecule has 1 saturated heterocycles. The van der Waals surface area contributed by atoms with E-state index in [0.717, 1.165) is 19.4 Å². The molecule has 2 atom stereocenters. The first-order valence-corrected chi connectivity index (χ1v) is 5.85. The van der Waals surface area contributed by atoms with Gasteiger partial charge in [-0.05, 0) is 33.2 Å². The van der Waals surface area contributed by atoms with Crippen molar-refractivity contribution in [3.8, 4) is 0 Å². The van der Waals surface area contributed by atoms with Gasteiger partial charge in [-0.25, -0.2) is 0 Å². The number of hydrogen-bond donors (Lipinski definition) is 2. The monoisotopic (exact) mass is 227 g/mol. The Kier molecular flexibility index (Phi) is 4.73. The van der Waals surface area contributed by atoms with Crippen molar-refractivity contribution in [2.24, 2.45) is 11.7 Å². The molecular formula is C11H21N3O2. The van der Waals surface area contributed by atoms with Crippen LogP contribution in [0.1, 0.15) is 26.7 Å². The van der Waals surface area contributed by atoms with Gasteiger partial charge in [0, 0.05) is 18.5 Å². The topological polar surface area (TPSA) is 75.4 Å². The lowest BCUT2D eigenvalue weighted by molar-refractivity contribution is -0.139. The van der Waals surface area contributed by atoms with Crippen molar-refractivity contribution in [3.63, 3.8) is 0 Å². The molecule has 1 heterocycles. The van der Waals surface area contributed by atoms with Crippen LogP contribution in [0.5, 0.6) is 0 Å². The number of carbonyl (C=O) groups is 2. The van der Waals surface area contributed by atoms with E-state index in [2.05, 4.69) is 12.2 Å². The van der Waals surface area contributed by atoms with E-state index in [1.807, 2.05) is 6.92 Å². The molecule has 92 valence electrons. The second-order valence-electron chi connectivity index (χ2n) is 4.40. The second kappa shape index (κ2) is 5.84. The van der Waals surface area contributed by atoms with Crippen molar-refractivity contribution < 1.29 is 9.59 Å². The highest BCUT2D eigenvalue weighted by Gasteiger charge is 2.28. The number of nitrogens with zero attached hydrogens (tertiary/aromatic N) is 1. The third-order valence-corrected chi connectivity index (χ3v) is 3.01. The number of rotatable bonds is 4. The summed E-state index contributed by atoms with van der Waals surface area (Å²) in [6.07, 6.45) is 1.69. The molecule has 0 aliphatic carbocycles. The Morgan fingerprint density at radius 2 is 2.19 bits per heavy atom. The molecule has 0 saturated carbocycles. The number of piperidine rings is 1. The summed E-state index contributed by atoms with van der Waals surface area (Å²) in [5.41, 5.74) is 5.12. The minimum absolute atomic E-state index is 0.0354. The molecule has 0 radical (unpaired) electrons. The van der Waals surface area contributed by atoms with Gasteiger partial charge in [-0.3, -0.25) is 9.59 Å². The van der Waals surface area contributed by atoms with Gasteiger partial charge in [-0.1, -0.05) is 0 Å². The van der Waals surface area contributed by atoms with E-state index in [1.54, 1.807) is 4.90 Å². The SMILES string of the molecule is CCN(CC(N)=O)C(=O)C1CCNC(C)C1. The van der Waals surface area contributed by atoms with Gasteiger partial charge < -0.3 is 16.0 Å². The lowest BCUT2D eigenvalue weighted by Crippen LogP contribution is -2.46. The summed E-state index contributed by atoms with van der Waals surface area (Å²) in [5, 5.41) is 3.30. The van der Waals surface area contributed by atoms with Crippen LogP contribution in [0.3, 0.4) is 0 Å². The van der Waals surface area contributed by atoms with Crippen LogP contribution in [-0.4, -0.2) is 42.4 Å². The fourth-order valence-corrected chi connectivity index (χ4v) is 2.15. The zero-order valence-electron chi connectivity index (χ0n) is 10.0. The van der Waals surface area contributed by atoms with Crippen molar-refractivity contribution in [2.45, 2.75) is 32.7 Å². The number of nitrogens with two attached hydrogens (primary N) is 1. The molecule has 5 heteroatoms. The number of nitrogens with one attached hydrogen (secondary N) is 1. The van der Waals surface area contributed by atoms with Crippen molar-refractivity contribution in [1.29, 1.82) is 0 Å². The van der Waals surface area contributed by atoms with Gasteiger partial charge in [0.05, 0.1) is 6.54 Å². The summed E-state index contributed by atoms with van der Waals surface area (Å²) in [4.78, 5) is 24.5. The van der Waals surface area contributed by atoms with Crippen LogP contribution in [0.15, 0.2) is 0 Å². The maximum Gasteiger partial charge on any atom is 0.237 e. The molecule has 0 spiro atoms. The maximum absolute atomic E-state index is 12.1. The van der Waals surface area contributed by atoms with Gasteiger partial charge in [-0.15, -0.1) is 0 Å². The van der Waals surface area contributed by atoms with Crippen LogP contribution in [0.4, 0.5) is 0 Å². The fourth-order valence-electron chi connectivity index (χ4n) is 2.15. The molecule has 1 aliphatic rings. The van der Waals surface area contributed by atoms with Crippen LogP contribution >= 0.6 is 0 Å². The first-order valence-electron chi connectivity index (χ1n) is 5.85. The maximum atomic E-state index is 12.1. The normalized spacial score (nSPS) is 25.1. The first kappa shape index (κ1) is 13.0. The predicted molar refractivity (Wildman–Crippen MR) is 61.6 cm³/mol. The summed E-state index contributed by atoms with van der Waals surface area (Å²) >= 11 is 0. The molecule has 16 heavy (non-hydrogen) atoms. The highest BCUT2D eigenvalue weighted by atomic mass is 16.2. The Morgan fingerprint density at radius 1 is 1.50 bits per heavy atom. The summed E-state index contributed by atoms with van der Waals surface area (Å²) in [6.45, 7) is 5.38. The van der Waals surface area contributed by atoms with Crippen molar-refractivity contribution in [1.82, 2.24) is 10.2 Å². The molecule has 0 aromatic rings. The van der Waals surface area contributed by atoms with Crippen LogP contribution in [-0.2, 0) is 9.59 Å². The van der Waals surface area contributed by atoms with E-state index in [0.29, 0.717) is 12.6 Å². The predicted octanol–water partition coefficient (Wildman–Crippen LogP) is -0.292. The molecular weight excluding hydrogens is 206 g/mol. The molecule has 1 rings (SSSR count). The first-order chi connectivity index (χ1) is 7.54. The molecule has 5 nitrogen and oxygen atoms in total. The minimum Gasteiger partial charge on any atom is -0.368 e. The Bertz CT molecular complexity index is 268. The van der Waals surface area contributed by atoms with Gasteiger partial charge in [-0.2, -0.15) is 0 Å². The smallest absolute Gasteiger partial charge is 0.237 e. The summed E-state index contributed by atoms with van der Waals surface area (Å²) in [5.74, 6) is -0.345. The molecule has 2 unspecified atom stereocenters. The molecule has 0 aromatic carbocycles. The number of hydrogen-bond acceptors (Lipinski definition) is 3. The quantitative estimate of drug-likeness (QED) is 0.693. The average Bonchev–Trinajstić information content (AvgIpc) is 2.24. The number of primary amides is 1. The zero-order valence-corrected chi connectivity index (χ0v) is 10.0. The third kappa shape index (κ3) is 3.48. The Labute approximate surface area is 96.4 Å². The van der Waals surface area contributed by atoms with Crippen molar-refractivity contribution in [3.05, 3.63) is 0 Å². The summed E-state index contributed by atoms with van der Waals surface area (Å²) in [6, 6.07) is 0.370. The molecule has 0 bridgehead atoms. The summed E-state index contributed by atoms with van der Waals surface area (Å²) < 4.78 is 0. The van der Waals surface area contributed by atoms with E-state index < -0.39 is 5.91 Å². The van der Waals surface area contributed by atoms with E-state index in [9.17, 15) is 9.59 Å². The lowest BCUT2D eigenvalue weighted by atomic mass is 9.92. The molecule has 3 N–H and O–H groups in total. The lowest BCUT2D eigenvalue weighted by Gasteiger charge is -2.31. The second-order valence-corrected chi connectivity index (χ2v) is 4.40. The van der Waals surface area contributed by atoms with Gasteiger partial charge in [0.25, 0.3) is 0 Å². The Balaban J connectivity index is 2.56. The zero-order chi connectivity index (χ0) is 12.1. The van der Waals surface area contributed by atoms with Crippen molar-refractivity contribution >= 4 is 11.8 Å². The Morgan fingerprint density at radius 3 is 2.69 bits per heavy atom. The molecule has 1 fully saturated rings. The highest BCUT2D eigenvalue weighted by Crippen LogP contribution is 2.18. The van der Waals surface area contributed by atoms with Gasteiger partial charge in [0.2, 0.25) is 11.8 Å². The number of carbonyl (C=O) groups excluding carboxylic acids is 2. The highest BCUT2D eigenvalue weighted by molar-refractivity contribution is 5.85. The molecule has 2 amide bonds. The van der Waals surface area contributed by atoms with Crippen LogP contribution < -0.4 is 11.1 Å². The van der Waals surface area contributed by atoms with Crippen molar-refractivity contribution in [2.75, 3.05) is 19.6 Å². The third-order valence-electron chi connectivity index (χ3n) is 3.01. The van der Waals surface area contributed by atoms with E-state index in [1.165, 1.54) is 0 Å². The van der Waals surface area contributed by atoms with E-state index in [4.69, 9.17) is 5.73 Å². The van der Waals surface area contributed by atoms with Gasteiger partial charge >= 0.3 is 0 Å². The van der Waals surface area contributed by atoms with E-state index in [-0.39, 0.29) is 18.4 Å². The van der Waals surface area contributed by atoms with Gasteiger partial charge in [0.1, 0.15) is 0 Å². The van der Waals surface area contributed by atoms with Crippen LogP contribution in [0.25, 0.3) is 0 Å². The molecule has 0 aromatic heterocycles. The molecule has 1 aliphatic heterocycles.